The average molecular weight is 417 g/mol. The van der Waals surface area contributed by atoms with E-state index in [0.29, 0.717) is 10.0 Å². The number of piperidine rings is 1. The van der Waals surface area contributed by atoms with Gasteiger partial charge in [-0.1, -0.05) is 41.4 Å². The Balaban J connectivity index is 1.55. The van der Waals surface area contributed by atoms with Gasteiger partial charge in [-0.2, -0.15) is 5.01 Å². The summed E-state index contributed by atoms with van der Waals surface area (Å²) in [5.74, 6) is 0.991. The predicted molar refractivity (Wildman–Crippen MR) is 112 cm³/mol. The number of hydrogen-bond donors (Lipinski definition) is 2. The Morgan fingerprint density at radius 1 is 1.18 bits per heavy atom. The van der Waals surface area contributed by atoms with Gasteiger partial charge in [-0.15, -0.1) is 0 Å². The van der Waals surface area contributed by atoms with Gasteiger partial charge in [-0.3, -0.25) is 0 Å². The zero-order valence-electron chi connectivity index (χ0n) is 15.8. The molecule has 1 saturated heterocycles. The Hall–Kier alpha value is -1.72. The maximum Gasteiger partial charge on any atom is 0.191 e. The molecule has 1 fully saturated rings. The highest BCUT2D eigenvalue weighted by atomic mass is 35.5. The van der Waals surface area contributed by atoms with E-state index in [1.807, 2.05) is 12.1 Å². The number of para-hydroxylation sites is 1. The van der Waals surface area contributed by atoms with Crippen molar-refractivity contribution in [1.82, 2.24) is 10.4 Å². The first-order valence-corrected chi connectivity index (χ1v) is 10.7. The topological polar surface area (TPSA) is 28.9 Å². The predicted octanol–water partition coefficient (Wildman–Crippen LogP) is 3.68. The molecule has 2 N–H and O–H groups in total. The van der Waals surface area contributed by atoms with Crippen molar-refractivity contribution in [3.8, 4) is 5.75 Å². The molecule has 0 amide bonds. The van der Waals surface area contributed by atoms with E-state index in [1.54, 1.807) is 11.0 Å². The van der Waals surface area contributed by atoms with Crippen LogP contribution in [0.15, 0.2) is 48.5 Å². The molecule has 3 heterocycles. The molecule has 4 nitrogen and oxygen atoms in total. The van der Waals surface area contributed by atoms with E-state index >= 15 is 0 Å². The number of nitrogens with zero attached hydrogens (tertiary/aromatic N) is 1. The molecule has 0 aliphatic carbocycles. The van der Waals surface area contributed by atoms with Gasteiger partial charge >= 0.3 is 0 Å². The van der Waals surface area contributed by atoms with E-state index in [2.05, 4.69) is 47.7 Å². The summed E-state index contributed by atoms with van der Waals surface area (Å²) in [5, 5.41) is 3.60. The third-order valence-corrected chi connectivity index (χ3v) is 6.83. The van der Waals surface area contributed by atoms with Crippen molar-refractivity contribution in [1.29, 1.82) is 0 Å². The Kier molecular flexibility index (Phi) is 4.55. The SMILES string of the molecule is CC[NH+]1CCC2(CC1)Oc1ccccc1[C@H]1C=C(c3ccc(Cl)cc3Cl)NN12. The van der Waals surface area contributed by atoms with E-state index in [4.69, 9.17) is 27.9 Å². The minimum Gasteiger partial charge on any atom is -0.470 e. The van der Waals surface area contributed by atoms with Crippen molar-refractivity contribution in [2.24, 2.45) is 0 Å². The lowest BCUT2D eigenvalue weighted by Crippen LogP contribution is -3.13. The van der Waals surface area contributed by atoms with Crippen LogP contribution in [0, 0.1) is 0 Å². The van der Waals surface area contributed by atoms with Crippen LogP contribution in [0.25, 0.3) is 5.70 Å². The van der Waals surface area contributed by atoms with Crippen molar-refractivity contribution < 1.29 is 9.64 Å². The van der Waals surface area contributed by atoms with Crippen LogP contribution in [0.5, 0.6) is 5.75 Å². The number of ether oxygens (including phenoxy) is 1. The lowest BCUT2D eigenvalue weighted by molar-refractivity contribution is -0.906. The van der Waals surface area contributed by atoms with Gasteiger partial charge in [-0.25, -0.2) is 0 Å². The Morgan fingerprint density at radius 2 is 1.96 bits per heavy atom. The second kappa shape index (κ2) is 6.96. The second-order valence-electron chi connectivity index (χ2n) is 7.82. The van der Waals surface area contributed by atoms with E-state index in [-0.39, 0.29) is 11.8 Å². The van der Waals surface area contributed by atoms with Gasteiger partial charge in [0.15, 0.2) is 5.72 Å². The second-order valence-corrected chi connectivity index (χ2v) is 8.66. The number of rotatable bonds is 2. The number of nitrogens with one attached hydrogen (secondary N) is 2. The number of likely N-dealkylation sites (tertiary alicyclic amines) is 1. The van der Waals surface area contributed by atoms with Crippen LogP contribution in [0.2, 0.25) is 10.0 Å². The molecule has 0 unspecified atom stereocenters. The normalized spacial score (nSPS) is 28.9. The maximum absolute atomic E-state index is 6.66. The molecule has 2 aromatic rings. The highest BCUT2D eigenvalue weighted by Gasteiger charge is 2.52. The van der Waals surface area contributed by atoms with Crippen LogP contribution in [-0.2, 0) is 0 Å². The molecule has 0 radical (unpaired) electrons. The van der Waals surface area contributed by atoms with Crippen molar-refractivity contribution in [3.05, 3.63) is 69.7 Å². The number of fused-ring (bicyclic) bond motifs is 4. The summed E-state index contributed by atoms with van der Waals surface area (Å²) in [6.07, 6.45) is 4.24. The quantitative estimate of drug-likeness (QED) is 0.781. The minimum absolute atomic E-state index is 0.120. The molecule has 3 aliphatic heterocycles. The van der Waals surface area contributed by atoms with Gasteiger partial charge < -0.3 is 15.1 Å². The summed E-state index contributed by atoms with van der Waals surface area (Å²) < 4.78 is 6.66. The Bertz CT molecular complexity index is 937. The first-order valence-electron chi connectivity index (χ1n) is 9.94. The monoisotopic (exact) mass is 416 g/mol. The van der Waals surface area contributed by atoms with Gasteiger partial charge in [-0.05, 0) is 37.3 Å². The molecule has 5 rings (SSSR count). The van der Waals surface area contributed by atoms with E-state index in [1.165, 1.54) is 5.56 Å². The fraction of sp³-hybridized carbons (Fsp3) is 0.364. The summed E-state index contributed by atoms with van der Waals surface area (Å²) in [6, 6.07) is 14.1. The fourth-order valence-corrected chi connectivity index (χ4v) is 5.18. The smallest absolute Gasteiger partial charge is 0.191 e. The molecule has 6 heteroatoms. The maximum atomic E-state index is 6.66. The summed E-state index contributed by atoms with van der Waals surface area (Å²) in [6.45, 7) is 5.64. The van der Waals surface area contributed by atoms with Crippen LogP contribution < -0.4 is 15.1 Å². The molecule has 0 bridgehead atoms. The Morgan fingerprint density at radius 3 is 2.71 bits per heavy atom. The van der Waals surface area contributed by atoms with Gasteiger partial charge in [0.1, 0.15) is 5.75 Å². The summed E-state index contributed by atoms with van der Waals surface area (Å²) in [4.78, 5) is 1.64. The van der Waals surface area contributed by atoms with Crippen molar-refractivity contribution in [2.45, 2.75) is 31.5 Å². The number of halogens is 2. The van der Waals surface area contributed by atoms with Crippen molar-refractivity contribution >= 4 is 28.9 Å². The Labute approximate surface area is 175 Å². The van der Waals surface area contributed by atoms with Crippen LogP contribution in [0.4, 0.5) is 0 Å². The van der Waals surface area contributed by atoms with E-state index in [9.17, 15) is 0 Å². The lowest BCUT2D eigenvalue weighted by atomic mass is 9.93. The summed E-state index contributed by atoms with van der Waals surface area (Å²) in [7, 11) is 0. The van der Waals surface area contributed by atoms with E-state index in [0.717, 1.165) is 49.5 Å². The first kappa shape index (κ1) is 18.3. The highest BCUT2D eigenvalue weighted by Crippen LogP contribution is 2.48. The van der Waals surface area contributed by atoms with Crippen LogP contribution in [-0.4, -0.2) is 30.4 Å². The molecule has 28 heavy (non-hydrogen) atoms. The molecular formula is C22H24Cl2N3O+. The van der Waals surface area contributed by atoms with Crippen molar-refractivity contribution in [3.63, 3.8) is 0 Å². The molecule has 3 aliphatic rings. The third-order valence-electron chi connectivity index (χ3n) is 6.28. The van der Waals surface area contributed by atoms with Crippen LogP contribution in [0.3, 0.4) is 0 Å². The van der Waals surface area contributed by atoms with Crippen molar-refractivity contribution in [2.75, 3.05) is 19.6 Å². The van der Waals surface area contributed by atoms with E-state index < -0.39 is 0 Å². The first-order chi connectivity index (χ1) is 13.6. The lowest BCUT2D eigenvalue weighted by Gasteiger charge is -2.50. The molecule has 0 saturated carbocycles. The molecule has 1 atom stereocenters. The molecule has 0 aromatic heterocycles. The van der Waals surface area contributed by atoms with Gasteiger partial charge in [0, 0.05) is 16.1 Å². The van der Waals surface area contributed by atoms with Gasteiger partial charge in [0.05, 0.1) is 49.2 Å². The number of quaternary nitrogens is 1. The molecule has 1 spiro atoms. The number of hydrazine groups is 1. The van der Waals surface area contributed by atoms with Crippen LogP contribution >= 0.6 is 23.2 Å². The van der Waals surface area contributed by atoms with Gasteiger partial charge in [0.2, 0.25) is 0 Å². The molecule has 146 valence electrons. The molecular weight excluding hydrogens is 393 g/mol. The fourth-order valence-electron chi connectivity index (χ4n) is 4.67. The minimum atomic E-state index is -0.338. The molecule has 2 aromatic carbocycles. The zero-order chi connectivity index (χ0) is 19.3. The summed E-state index contributed by atoms with van der Waals surface area (Å²) >= 11 is 12.6. The summed E-state index contributed by atoms with van der Waals surface area (Å²) in [5.41, 5.74) is 6.46. The number of benzene rings is 2. The van der Waals surface area contributed by atoms with Crippen LogP contribution in [0.1, 0.15) is 36.9 Å². The largest absolute Gasteiger partial charge is 0.470 e. The van der Waals surface area contributed by atoms with Gasteiger partial charge in [0.25, 0.3) is 0 Å². The number of hydrogen-bond acceptors (Lipinski definition) is 3. The highest BCUT2D eigenvalue weighted by molar-refractivity contribution is 6.35. The zero-order valence-corrected chi connectivity index (χ0v) is 17.4. The average Bonchev–Trinajstić information content (AvgIpc) is 3.15. The standard InChI is InChI=1S/C22H23Cl2N3O/c1-2-26-11-9-22(10-12-26)27-20(17-5-3-4-6-21(17)28-22)14-19(25-27)16-8-7-15(23)13-18(16)24/h3-8,13-14,20,25H,2,9-12H2,1H3/p+1/t20-/m1/s1. The third kappa shape index (κ3) is 2.91.